The second-order valence-corrected chi connectivity index (χ2v) is 4.30. The van der Waals surface area contributed by atoms with Gasteiger partial charge in [0.2, 0.25) is 0 Å². The summed E-state index contributed by atoms with van der Waals surface area (Å²) in [5, 5.41) is 7.10. The summed E-state index contributed by atoms with van der Waals surface area (Å²) in [7, 11) is 0. The quantitative estimate of drug-likeness (QED) is 0.856. The van der Waals surface area contributed by atoms with Gasteiger partial charge in [-0.1, -0.05) is 19.0 Å². The fourth-order valence-corrected chi connectivity index (χ4v) is 1.58. The van der Waals surface area contributed by atoms with Gasteiger partial charge in [-0.25, -0.2) is 0 Å². The largest absolute Gasteiger partial charge is 0.333 e. The fraction of sp³-hybridized carbons (Fsp3) is 0.444. The second kappa shape index (κ2) is 4.50. The third-order valence-electron chi connectivity index (χ3n) is 1.78. The van der Waals surface area contributed by atoms with Crippen molar-refractivity contribution in [1.29, 1.82) is 0 Å². The van der Waals surface area contributed by atoms with Crippen LogP contribution in [0.1, 0.15) is 19.7 Å². The number of thiazole rings is 1. The predicted molar refractivity (Wildman–Crippen MR) is 57.4 cm³/mol. The lowest BCUT2D eigenvalue weighted by molar-refractivity contribution is 0.418. The Kier molecular flexibility index (Phi) is 3.08. The molecule has 0 aliphatic heterocycles. The van der Waals surface area contributed by atoms with Crippen LogP contribution in [0.3, 0.4) is 0 Å². The van der Waals surface area contributed by atoms with Gasteiger partial charge in [0.1, 0.15) is 4.88 Å². The molecule has 0 amide bonds. The van der Waals surface area contributed by atoms with E-state index in [4.69, 9.17) is 4.52 Å². The zero-order valence-electron chi connectivity index (χ0n) is 8.60. The van der Waals surface area contributed by atoms with Crippen molar-refractivity contribution in [2.45, 2.75) is 26.4 Å². The van der Waals surface area contributed by atoms with Crippen LogP contribution in [0, 0.1) is 0 Å². The first-order chi connectivity index (χ1) is 7.25. The van der Waals surface area contributed by atoms with E-state index in [0.29, 0.717) is 24.3 Å². The maximum Gasteiger partial charge on any atom is 0.269 e. The molecule has 5 nitrogen and oxygen atoms in total. The molecular weight excluding hydrogens is 212 g/mol. The van der Waals surface area contributed by atoms with Crippen LogP contribution >= 0.6 is 11.3 Å². The summed E-state index contributed by atoms with van der Waals surface area (Å²) in [6.45, 7) is 4.77. The molecule has 0 radical (unpaired) electrons. The van der Waals surface area contributed by atoms with Gasteiger partial charge in [0.05, 0.1) is 18.3 Å². The summed E-state index contributed by atoms with van der Waals surface area (Å²) in [4.78, 5) is 9.11. The lowest BCUT2D eigenvalue weighted by atomic mass is 10.4. The van der Waals surface area contributed by atoms with Gasteiger partial charge in [-0.15, -0.1) is 11.3 Å². The van der Waals surface area contributed by atoms with Gasteiger partial charge < -0.3 is 9.84 Å². The molecule has 0 atom stereocenters. The first kappa shape index (κ1) is 10.3. The Hall–Kier alpha value is -1.27. The number of hydrogen-bond donors (Lipinski definition) is 1. The minimum absolute atomic E-state index is 0.412. The van der Waals surface area contributed by atoms with Crippen LogP contribution in [0.2, 0.25) is 0 Å². The average Bonchev–Trinajstić information content (AvgIpc) is 2.85. The highest BCUT2D eigenvalue weighted by molar-refractivity contribution is 7.13. The van der Waals surface area contributed by atoms with Gasteiger partial charge >= 0.3 is 0 Å². The Bertz CT molecular complexity index is 409. The van der Waals surface area contributed by atoms with E-state index < -0.39 is 0 Å². The van der Waals surface area contributed by atoms with Gasteiger partial charge in [0.25, 0.3) is 5.89 Å². The Morgan fingerprint density at radius 2 is 2.40 bits per heavy atom. The molecule has 2 heterocycles. The van der Waals surface area contributed by atoms with Crippen LogP contribution in [-0.2, 0) is 6.54 Å². The number of rotatable bonds is 4. The summed E-state index contributed by atoms with van der Waals surface area (Å²) in [5.74, 6) is 1.21. The van der Waals surface area contributed by atoms with Gasteiger partial charge in [0, 0.05) is 6.04 Å². The normalized spacial score (nSPS) is 11.1. The topological polar surface area (TPSA) is 63.8 Å². The van der Waals surface area contributed by atoms with Crippen molar-refractivity contribution < 1.29 is 4.52 Å². The van der Waals surface area contributed by atoms with Crippen molar-refractivity contribution in [2.75, 3.05) is 0 Å². The Balaban J connectivity index is 2.04. The summed E-state index contributed by atoms with van der Waals surface area (Å²) < 4.78 is 5.11. The van der Waals surface area contributed by atoms with E-state index in [0.717, 1.165) is 4.88 Å². The number of nitrogens with one attached hydrogen (secondary N) is 1. The van der Waals surface area contributed by atoms with Gasteiger partial charge in [-0.3, -0.25) is 4.98 Å². The maximum atomic E-state index is 5.11. The van der Waals surface area contributed by atoms with Crippen molar-refractivity contribution in [1.82, 2.24) is 20.4 Å². The van der Waals surface area contributed by atoms with E-state index in [1.807, 2.05) is 0 Å². The first-order valence-electron chi connectivity index (χ1n) is 4.70. The SMILES string of the molecule is CC(C)NCc1noc(-c2cncs2)n1. The van der Waals surface area contributed by atoms with E-state index in [9.17, 15) is 0 Å². The molecule has 2 aromatic rings. The van der Waals surface area contributed by atoms with Crippen molar-refractivity contribution >= 4 is 11.3 Å². The summed E-state index contributed by atoms with van der Waals surface area (Å²) in [6, 6.07) is 0.412. The molecular formula is C9H12N4OS. The molecule has 0 spiro atoms. The molecule has 0 unspecified atom stereocenters. The first-order valence-corrected chi connectivity index (χ1v) is 5.58. The number of hydrogen-bond acceptors (Lipinski definition) is 6. The molecule has 0 aromatic carbocycles. The van der Waals surface area contributed by atoms with Crippen molar-refractivity contribution in [2.24, 2.45) is 0 Å². The minimum atomic E-state index is 0.412. The molecule has 0 aliphatic carbocycles. The summed E-state index contributed by atoms with van der Waals surface area (Å²) >= 11 is 1.49. The van der Waals surface area contributed by atoms with Gasteiger partial charge in [-0.2, -0.15) is 4.98 Å². The highest BCUT2D eigenvalue weighted by Gasteiger charge is 2.09. The Labute approximate surface area is 91.5 Å². The zero-order chi connectivity index (χ0) is 10.7. The molecule has 0 aliphatic rings. The van der Waals surface area contributed by atoms with Crippen LogP contribution in [0.25, 0.3) is 10.8 Å². The van der Waals surface area contributed by atoms with E-state index in [-0.39, 0.29) is 0 Å². The molecule has 80 valence electrons. The van der Waals surface area contributed by atoms with Gasteiger partial charge in [0.15, 0.2) is 5.82 Å². The fourth-order valence-electron chi connectivity index (χ4n) is 1.04. The molecule has 2 aromatic heterocycles. The van der Waals surface area contributed by atoms with Gasteiger partial charge in [-0.05, 0) is 0 Å². The monoisotopic (exact) mass is 224 g/mol. The molecule has 0 bridgehead atoms. The predicted octanol–water partition coefficient (Wildman–Crippen LogP) is 1.69. The molecule has 0 saturated heterocycles. The third-order valence-corrected chi connectivity index (χ3v) is 2.54. The van der Waals surface area contributed by atoms with E-state index in [1.165, 1.54) is 11.3 Å². The molecule has 0 saturated carbocycles. The highest BCUT2D eigenvalue weighted by Crippen LogP contribution is 2.20. The van der Waals surface area contributed by atoms with Crippen LogP contribution in [0.15, 0.2) is 16.2 Å². The van der Waals surface area contributed by atoms with E-state index in [1.54, 1.807) is 11.7 Å². The van der Waals surface area contributed by atoms with E-state index >= 15 is 0 Å². The highest BCUT2D eigenvalue weighted by atomic mass is 32.1. The average molecular weight is 224 g/mol. The van der Waals surface area contributed by atoms with Crippen LogP contribution in [-0.4, -0.2) is 21.2 Å². The zero-order valence-corrected chi connectivity index (χ0v) is 9.41. The van der Waals surface area contributed by atoms with Crippen LogP contribution in [0.5, 0.6) is 0 Å². The van der Waals surface area contributed by atoms with Crippen molar-refractivity contribution in [3.63, 3.8) is 0 Å². The summed E-state index contributed by atoms with van der Waals surface area (Å²) in [5.41, 5.74) is 1.74. The van der Waals surface area contributed by atoms with Crippen LogP contribution in [0.4, 0.5) is 0 Å². The van der Waals surface area contributed by atoms with E-state index in [2.05, 4.69) is 34.3 Å². The minimum Gasteiger partial charge on any atom is -0.333 e. The third kappa shape index (κ3) is 2.60. The smallest absolute Gasteiger partial charge is 0.269 e. The number of nitrogens with zero attached hydrogens (tertiary/aromatic N) is 3. The second-order valence-electron chi connectivity index (χ2n) is 3.42. The van der Waals surface area contributed by atoms with Crippen molar-refractivity contribution in [3.05, 3.63) is 17.5 Å². The Morgan fingerprint density at radius 1 is 1.53 bits per heavy atom. The summed E-state index contributed by atoms with van der Waals surface area (Å²) in [6.07, 6.45) is 1.72. The van der Waals surface area contributed by atoms with Crippen molar-refractivity contribution in [3.8, 4) is 10.8 Å². The number of aromatic nitrogens is 3. The standard InChI is InChI=1S/C9H12N4OS/c1-6(2)11-4-8-12-9(14-13-8)7-3-10-5-15-7/h3,5-6,11H,4H2,1-2H3. The molecule has 1 N–H and O–H groups in total. The molecule has 0 fully saturated rings. The molecule has 2 rings (SSSR count). The maximum absolute atomic E-state index is 5.11. The lowest BCUT2D eigenvalue weighted by Gasteiger charge is -2.02. The lowest BCUT2D eigenvalue weighted by Crippen LogP contribution is -2.22. The van der Waals surface area contributed by atoms with Crippen LogP contribution < -0.4 is 5.32 Å². The Morgan fingerprint density at radius 3 is 3.07 bits per heavy atom. The molecule has 15 heavy (non-hydrogen) atoms. The molecule has 6 heteroatoms.